The van der Waals surface area contributed by atoms with E-state index in [9.17, 15) is 10.1 Å². The Hall–Kier alpha value is -1.32. The predicted octanol–water partition coefficient (Wildman–Crippen LogP) is 1.29. The topological polar surface area (TPSA) is 56.3 Å². The van der Waals surface area contributed by atoms with Gasteiger partial charge in [0.1, 0.15) is 5.76 Å². The number of furan rings is 1. The fourth-order valence-corrected chi connectivity index (χ4v) is 0.743. The number of rotatable bonds is 3. The van der Waals surface area contributed by atoms with Crippen molar-refractivity contribution in [3.05, 3.63) is 34.3 Å². The van der Waals surface area contributed by atoms with E-state index in [0.29, 0.717) is 12.2 Å². The highest BCUT2D eigenvalue weighted by Crippen LogP contribution is 2.04. The Balaban J connectivity index is 2.50. The first-order valence-electron chi connectivity index (χ1n) is 3.27. The van der Waals surface area contributed by atoms with Gasteiger partial charge in [-0.2, -0.15) is 0 Å². The standard InChI is InChI=1S/C7H8NO3/c1-6(8(9)10)5-7-3-2-4-11-7/h3-4,6H,5H2,1H3. The maximum Gasteiger partial charge on any atom is 0.217 e. The molecule has 0 fully saturated rings. The molecule has 1 aromatic heterocycles. The van der Waals surface area contributed by atoms with Crippen LogP contribution >= 0.6 is 0 Å². The summed E-state index contributed by atoms with van der Waals surface area (Å²) in [6, 6.07) is 3.71. The van der Waals surface area contributed by atoms with E-state index in [4.69, 9.17) is 4.42 Å². The van der Waals surface area contributed by atoms with Gasteiger partial charge in [-0.25, -0.2) is 0 Å². The minimum atomic E-state index is -0.588. The van der Waals surface area contributed by atoms with Gasteiger partial charge in [-0.3, -0.25) is 10.1 Å². The molecule has 0 saturated heterocycles. The highest BCUT2D eigenvalue weighted by atomic mass is 16.6. The van der Waals surface area contributed by atoms with Crippen molar-refractivity contribution in [1.82, 2.24) is 0 Å². The third kappa shape index (κ3) is 2.07. The summed E-state index contributed by atoms with van der Waals surface area (Å²) in [5, 5.41) is 10.2. The van der Waals surface area contributed by atoms with Crippen molar-refractivity contribution in [3.63, 3.8) is 0 Å². The van der Waals surface area contributed by atoms with Gasteiger partial charge in [0.25, 0.3) is 0 Å². The Morgan fingerprint density at radius 1 is 1.91 bits per heavy atom. The van der Waals surface area contributed by atoms with Crippen LogP contribution in [0.2, 0.25) is 0 Å². The van der Waals surface area contributed by atoms with Crippen molar-refractivity contribution in [1.29, 1.82) is 0 Å². The highest BCUT2D eigenvalue weighted by Gasteiger charge is 2.14. The van der Waals surface area contributed by atoms with Gasteiger partial charge in [0.05, 0.1) is 12.7 Å². The molecule has 1 heterocycles. The molecule has 0 saturated carbocycles. The number of hydrogen-bond acceptors (Lipinski definition) is 3. The van der Waals surface area contributed by atoms with Crippen LogP contribution in [-0.4, -0.2) is 11.0 Å². The molecule has 1 radical (unpaired) electrons. The first-order valence-corrected chi connectivity index (χ1v) is 3.27. The van der Waals surface area contributed by atoms with E-state index in [0.717, 1.165) is 0 Å². The van der Waals surface area contributed by atoms with E-state index < -0.39 is 6.04 Å². The second kappa shape index (κ2) is 3.18. The molecular weight excluding hydrogens is 146 g/mol. The monoisotopic (exact) mass is 154 g/mol. The Morgan fingerprint density at radius 3 is 3.09 bits per heavy atom. The van der Waals surface area contributed by atoms with Gasteiger partial charge >= 0.3 is 0 Å². The molecule has 11 heavy (non-hydrogen) atoms. The normalized spacial score (nSPS) is 12.8. The van der Waals surface area contributed by atoms with Crippen LogP contribution in [0.4, 0.5) is 0 Å². The maximum absolute atomic E-state index is 10.2. The van der Waals surface area contributed by atoms with Gasteiger partial charge in [-0.1, -0.05) is 0 Å². The van der Waals surface area contributed by atoms with Crippen molar-refractivity contribution in [3.8, 4) is 0 Å². The second-order valence-electron chi connectivity index (χ2n) is 2.35. The molecule has 1 rings (SSSR count). The van der Waals surface area contributed by atoms with Crippen LogP contribution in [0.3, 0.4) is 0 Å². The van der Waals surface area contributed by atoms with Gasteiger partial charge in [-0.15, -0.1) is 0 Å². The molecule has 0 amide bonds. The largest absolute Gasteiger partial charge is 0.468 e. The second-order valence-corrected chi connectivity index (χ2v) is 2.35. The lowest BCUT2D eigenvalue weighted by atomic mass is 10.2. The SMILES string of the molecule is CC(Cc1c[c]co1)[N+](=O)[O-]. The molecule has 0 aromatic carbocycles. The zero-order valence-electron chi connectivity index (χ0n) is 6.11. The van der Waals surface area contributed by atoms with E-state index in [-0.39, 0.29) is 4.92 Å². The van der Waals surface area contributed by atoms with Gasteiger partial charge in [0.2, 0.25) is 6.04 Å². The first kappa shape index (κ1) is 7.78. The zero-order valence-corrected chi connectivity index (χ0v) is 6.11. The van der Waals surface area contributed by atoms with Crippen LogP contribution in [0.5, 0.6) is 0 Å². The fraction of sp³-hybridized carbons (Fsp3) is 0.429. The first-order chi connectivity index (χ1) is 5.20. The summed E-state index contributed by atoms with van der Waals surface area (Å²) >= 11 is 0. The van der Waals surface area contributed by atoms with E-state index in [1.807, 2.05) is 0 Å². The lowest BCUT2D eigenvalue weighted by molar-refractivity contribution is -0.517. The van der Waals surface area contributed by atoms with E-state index >= 15 is 0 Å². The highest BCUT2D eigenvalue weighted by molar-refractivity contribution is 4.97. The molecule has 0 aliphatic heterocycles. The smallest absolute Gasteiger partial charge is 0.217 e. The van der Waals surface area contributed by atoms with Crippen LogP contribution in [0.25, 0.3) is 0 Å². The predicted molar refractivity (Wildman–Crippen MR) is 37.7 cm³/mol. The van der Waals surface area contributed by atoms with Crippen molar-refractivity contribution in [2.24, 2.45) is 0 Å². The van der Waals surface area contributed by atoms with E-state index in [1.54, 1.807) is 13.0 Å². The summed E-state index contributed by atoms with van der Waals surface area (Å²) in [5.74, 6) is 0.606. The minimum Gasteiger partial charge on any atom is -0.468 e. The molecule has 0 bridgehead atoms. The van der Waals surface area contributed by atoms with Gasteiger partial charge < -0.3 is 4.42 Å². The van der Waals surface area contributed by atoms with Crippen LogP contribution in [0, 0.1) is 16.2 Å². The summed E-state index contributed by atoms with van der Waals surface area (Å²) in [6.07, 6.45) is 1.72. The Labute approximate surface area is 64.0 Å². The molecule has 0 aliphatic rings. The van der Waals surface area contributed by atoms with Crippen LogP contribution in [0.15, 0.2) is 16.7 Å². The number of nitrogens with zero attached hydrogens (tertiary/aromatic N) is 1. The Morgan fingerprint density at radius 2 is 2.64 bits per heavy atom. The van der Waals surface area contributed by atoms with E-state index in [2.05, 4.69) is 6.07 Å². The molecule has 0 aliphatic carbocycles. The fourth-order valence-electron chi connectivity index (χ4n) is 0.743. The van der Waals surface area contributed by atoms with Gasteiger partial charge in [0, 0.05) is 17.9 Å². The lowest BCUT2D eigenvalue weighted by Gasteiger charge is -1.98. The molecule has 1 atom stereocenters. The van der Waals surface area contributed by atoms with Crippen molar-refractivity contribution in [2.75, 3.05) is 0 Å². The summed E-state index contributed by atoms with van der Waals surface area (Å²) in [4.78, 5) is 9.85. The Kier molecular flexibility index (Phi) is 2.25. The van der Waals surface area contributed by atoms with Crippen LogP contribution in [-0.2, 0) is 6.42 Å². The number of hydrogen-bond donors (Lipinski definition) is 0. The summed E-state index contributed by atoms with van der Waals surface area (Å²) in [5.41, 5.74) is 0. The van der Waals surface area contributed by atoms with Crippen LogP contribution in [0.1, 0.15) is 12.7 Å². The zero-order chi connectivity index (χ0) is 8.27. The van der Waals surface area contributed by atoms with Crippen molar-refractivity contribution in [2.45, 2.75) is 19.4 Å². The number of nitro groups is 1. The van der Waals surface area contributed by atoms with Crippen molar-refractivity contribution >= 4 is 0 Å². The van der Waals surface area contributed by atoms with Crippen molar-refractivity contribution < 1.29 is 9.34 Å². The van der Waals surface area contributed by atoms with Crippen LogP contribution < -0.4 is 0 Å². The quantitative estimate of drug-likeness (QED) is 0.486. The molecule has 59 valence electrons. The Bertz CT molecular complexity index is 230. The lowest BCUT2D eigenvalue weighted by Crippen LogP contribution is -2.17. The molecule has 4 heteroatoms. The summed E-state index contributed by atoms with van der Waals surface area (Å²) in [6.45, 7) is 1.54. The molecule has 0 spiro atoms. The average molecular weight is 154 g/mol. The molecular formula is C7H8NO3. The maximum atomic E-state index is 10.2. The van der Waals surface area contributed by atoms with E-state index in [1.165, 1.54) is 6.26 Å². The third-order valence-corrected chi connectivity index (χ3v) is 1.38. The third-order valence-electron chi connectivity index (χ3n) is 1.38. The molecule has 1 unspecified atom stereocenters. The van der Waals surface area contributed by atoms with Gasteiger partial charge in [-0.05, 0) is 6.07 Å². The molecule has 1 aromatic rings. The average Bonchev–Trinajstić information content (AvgIpc) is 2.39. The molecule has 4 nitrogen and oxygen atoms in total. The summed E-state index contributed by atoms with van der Waals surface area (Å²) < 4.78 is 4.89. The minimum absolute atomic E-state index is 0.330. The molecule has 0 N–H and O–H groups in total. The van der Waals surface area contributed by atoms with Gasteiger partial charge in [0.15, 0.2) is 0 Å². The summed E-state index contributed by atoms with van der Waals surface area (Å²) in [7, 11) is 0.